The second-order valence-corrected chi connectivity index (χ2v) is 6.82. The Balaban J connectivity index is 1.90. The molecule has 0 fully saturated rings. The molecule has 0 amide bonds. The molecule has 0 spiro atoms. The third-order valence-electron chi connectivity index (χ3n) is 5.21. The molecule has 3 aromatic rings. The summed E-state index contributed by atoms with van der Waals surface area (Å²) >= 11 is 0. The van der Waals surface area contributed by atoms with E-state index >= 15 is 0 Å². The van der Waals surface area contributed by atoms with E-state index in [1.807, 2.05) is 30.3 Å². The third-order valence-corrected chi connectivity index (χ3v) is 5.21. The lowest BCUT2D eigenvalue weighted by Crippen LogP contribution is -2.10. The first kappa shape index (κ1) is 17.4. The number of carbonyl (C=O) groups excluding carboxylic acids is 1. The largest absolute Gasteiger partial charge is 0.497 e. The van der Waals surface area contributed by atoms with Crippen molar-refractivity contribution in [3.05, 3.63) is 66.2 Å². The van der Waals surface area contributed by atoms with Crippen LogP contribution in [-0.4, -0.2) is 24.8 Å². The molecule has 1 atom stereocenters. The number of allylic oxidation sites excluding steroid dienone is 2. The second kappa shape index (κ2) is 7.31. The second-order valence-electron chi connectivity index (χ2n) is 6.82. The normalized spacial score (nSPS) is 16.4. The number of carbonyl (C=O) groups is 1. The van der Waals surface area contributed by atoms with Crippen molar-refractivity contribution in [3.63, 3.8) is 0 Å². The van der Waals surface area contributed by atoms with E-state index in [0.29, 0.717) is 11.6 Å². The molecule has 4 rings (SSSR count). The number of ether oxygens (including phenoxy) is 2. The van der Waals surface area contributed by atoms with Crippen molar-refractivity contribution in [2.45, 2.75) is 25.3 Å². The van der Waals surface area contributed by atoms with Crippen LogP contribution in [0.15, 0.2) is 60.7 Å². The van der Waals surface area contributed by atoms with E-state index in [1.54, 1.807) is 7.11 Å². The first-order chi connectivity index (χ1) is 13.2. The Labute approximate surface area is 159 Å². The van der Waals surface area contributed by atoms with Crippen molar-refractivity contribution in [2.24, 2.45) is 0 Å². The lowest BCUT2D eigenvalue weighted by molar-refractivity contribution is 0.0601. The molecule has 0 bridgehead atoms. The SMILES string of the molecule is COC(=O)c1ccc2c(c1)cc(-c1ccc(OC)cc1)n2C1C=CCCC1. The van der Waals surface area contributed by atoms with E-state index in [4.69, 9.17) is 9.47 Å². The zero-order chi connectivity index (χ0) is 18.8. The molecule has 0 aliphatic heterocycles. The van der Waals surface area contributed by atoms with Crippen LogP contribution in [0.3, 0.4) is 0 Å². The van der Waals surface area contributed by atoms with Crippen LogP contribution in [0.2, 0.25) is 0 Å². The Morgan fingerprint density at radius 2 is 1.89 bits per heavy atom. The van der Waals surface area contributed by atoms with E-state index in [-0.39, 0.29) is 5.97 Å². The Kier molecular flexibility index (Phi) is 4.71. The predicted octanol–water partition coefficient (Wildman–Crippen LogP) is 5.38. The lowest BCUT2D eigenvalue weighted by Gasteiger charge is -2.22. The molecule has 2 aromatic carbocycles. The highest BCUT2D eigenvalue weighted by atomic mass is 16.5. The molecule has 138 valence electrons. The molecule has 0 radical (unpaired) electrons. The minimum absolute atomic E-state index is 0.312. The van der Waals surface area contributed by atoms with E-state index in [2.05, 4.69) is 34.9 Å². The maximum Gasteiger partial charge on any atom is 0.337 e. The summed E-state index contributed by atoms with van der Waals surface area (Å²) in [7, 11) is 3.08. The van der Waals surface area contributed by atoms with Gasteiger partial charge in [-0.1, -0.05) is 12.2 Å². The minimum Gasteiger partial charge on any atom is -0.497 e. The number of nitrogens with zero attached hydrogens (tertiary/aromatic N) is 1. The van der Waals surface area contributed by atoms with Crippen LogP contribution in [0.4, 0.5) is 0 Å². The summed E-state index contributed by atoms with van der Waals surface area (Å²) in [6, 6.07) is 16.4. The Hall–Kier alpha value is -3.01. The van der Waals surface area contributed by atoms with Gasteiger partial charge in [-0.3, -0.25) is 0 Å². The highest BCUT2D eigenvalue weighted by Crippen LogP contribution is 2.36. The van der Waals surface area contributed by atoms with Gasteiger partial charge in [0, 0.05) is 16.6 Å². The number of fused-ring (bicyclic) bond motifs is 1. The summed E-state index contributed by atoms with van der Waals surface area (Å²) in [6.07, 6.45) is 8.00. The number of hydrogen-bond acceptors (Lipinski definition) is 3. The van der Waals surface area contributed by atoms with Crippen LogP contribution in [0.1, 0.15) is 35.7 Å². The van der Waals surface area contributed by atoms with Crippen LogP contribution in [-0.2, 0) is 4.74 Å². The molecule has 1 unspecified atom stereocenters. The molecule has 1 aromatic heterocycles. The molecule has 0 N–H and O–H groups in total. The molecular weight excluding hydrogens is 338 g/mol. The van der Waals surface area contributed by atoms with Gasteiger partial charge in [-0.25, -0.2) is 4.79 Å². The third kappa shape index (κ3) is 3.23. The number of rotatable bonds is 4. The monoisotopic (exact) mass is 361 g/mol. The Morgan fingerprint density at radius 3 is 2.56 bits per heavy atom. The average Bonchev–Trinajstić information content (AvgIpc) is 3.12. The topological polar surface area (TPSA) is 40.5 Å². The van der Waals surface area contributed by atoms with Crippen molar-refractivity contribution in [1.29, 1.82) is 0 Å². The lowest BCUT2D eigenvalue weighted by atomic mass is 10.0. The van der Waals surface area contributed by atoms with Gasteiger partial charge in [0.15, 0.2) is 0 Å². The van der Waals surface area contributed by atoms with Crippen LogP contribution >= 0.6 is 0 Å². The Bertz CT molecular complexity index is 998. The number of benzene rings is 2. The fourth-order valence-corrected chi connectivity index (χ4v) is 3.83. The van der Waals surface area contributed by atoms with Crippen LogP contribution < -0.4 is 4.74 Å². The molecule has 1 aliphatic rings. The maximum atomic E-state index is 11.9. The molecule has 1 aliphatic carbocycles. The van der Waals surface area contributed by atoms with Crippen molar-refractivity contribution >= 4 is 16.9 Å². The summed E-state index contributed by atoms with van der Waals surface area (Å²) < 4.78 is 12.6. The van der Waals surface area contributed by atoms with Crippen LogP contribution in [0.5, 0.6) is 5.75 Å². The maximum absolute atomic E-state index is 11.9. The summed E-state index contributed by atoms with van der Waals surface area (Å²) in [5.74, 6) is 0.528. The molecular formula is C23H23NO3. The summed E-state index contributed by atoms with van der Waals surface area (Å²) in [6.45, 7) is 0. The first-order valence-electron chi connectivity index (χ1n) is 9.25. The van der Waals surface area contributed by atoms with E-state index in [0.717, 1.165) is 40.8 Å². The molecule has 1 heterocycles. The van der Waals surface area contributed by atoms with Gasteiger partial charge < -0.3 is 14.0 Å². The standard InChI is InChI=1S/C23H23NO3/c1-26-20-11-8-16(9-12-20)22-15-18-14-17(23(25)27-2)10-13-21(18)24(22)19-6-4-3-5-7-19/h4,6,8-15,19H,3,5,7H2,1-2H3. The molecule has 4 nitrogen and oxygen atoms in total. The van der Waals surface area contributed by atoms with E-state index in [9.17, 15) is 4.79 Å². The van der Waals surface area contributed by atoms with Gasteiger partial charge in [-0.2, -0.15) is 0 Å². The number of hydrogen-bond donors (Lipinski definition) is 0. The summed E-state index contributed by atoms with van der Waals surface area (Å²) in [4.78, 5) is 11.9. The van der Waals surface area contributed by atoms with Crippen molar-refractivity contribution < 1.29 is 14.3 Å². The van der Waals surface area contributed by atoms with Crippen LogP contribution in [0.25, 0.3) is 22.2 Å². The highest BCUT2D eigenvalue weighted by Gasteiger charge is 2.19. The number of aromatic nitrogens is 1. The van der Waals surface area contributed by atoms with Crippen molar-refractivity contribution in [2.75, 3.05) is 14.2 Å². The number of esters is 1. The fraction of sp³-hybridized carbons (Fsp3) is 0.261. The van der Waals surface area contributed by atoms with Crippen molar-refractivity contribution in [1.82, 2.24) is 4.57 Å². The smallest absolute Gasteiger partial charge is 0.337 e. The zero-order valence-corrected chi connectivity index (χ0v) is 15.6. The van der Waals surface area contributed by atoms with Gasteiger partial charge in [0.1, 0.15) is 5.75 Å². The van der Waals surface area contributed by atoms with E-state index in [1.165, 1.54) is 13.5 Å². The van der Waals surface area contributed by atoms with Gasteiger partial charge >= 0.3 is 5.97 Å². The van der Waals surface area contributed by atoms with Gasteiger partial charge in [-0.05, 0) is 73.4 Å². The van der Waals surface area contributed by atoms with E-state index < -0.39 is 0 Å². The summed E-state index contributed by atoms with van der Waals surface area (Å²) in [5.41, 5.74) is 3.98. The average molecular weight is 361 g/mol. The van der Waals surface area contributed by atoms with Gasteiger partial charge in [0.05, 0.1) is 25.8 Å². The Morgan fingerprint density at radius 1 is 1.07 bits per heavy atom. The fourth-order valence-electron chi connectivity index (χ4n) is 3.83. The van der Waals surface area contributed by atoms with Gasteiger partial charge in [0.2, 0.25) is 0 Å². The number of methoxy groups -OCH3 is 2. The molecule has 4 heteroatoms. The molecule has 0 saturated heterocycles. The quantitative estimate of drug-likeness (QED) is 0.462. The molecule has 27 heavy (non-hydrogen) atoms. The zero-order valence-electron chi connectivity index (χ0n) is 15.6. The predicted molar refractivity (Wildman–Crippen MR) is 107 cm³/mol. The van der Waals surface area contributed by atoms with Gasteiger partial charge in [-0.15, -0.1) is 0 Å². The first-order valence-corrected chi connectivity index (χ1v) is 9.25. The summed E-state index contributed by atoms with van der Waals surface area (Å²) in [5, 5.41) is 1.04. The van der Waals surface area contributed by atoms with Crippen LogP contribution in [0, 0.1) is 0 Å². The van der Waals surface area contributed by atoms with Crippen molar-refractivity contribution in [3.8, 4) is 17.0 Å². The minimum atomic E-state index is -0.312. The highest BCUT2D eigenvalue weighted by molar-refractivity contribution is 5.96. The molecule has 0 saturated carbocycles. The van der Waals surface area contributed by atoms with Gasteiger partial charge in [0.25, 0.3) is 0 Å².